The smallest absolute Gasteiger partial charge is 0.336 e. The first-order valence-electron chi connectivity index (χ1n) is 10.2. The molecule has 1 N–H and O–H groups in total. The van der Waals surface area contributed by atoms with Crippen molar-refractivity contribution in [3.63, 3.8) is 0 Å². The summed E-state index contributed by atoms with van der Waals surface area (Å²) in [6, 6.07) is 13.3. The van der Waals surface area contributed by atoms with Crippen molar-refractivity contribution < 1.29 is 13.9 Å². The summed E-state index contributed by atoms with van der Waals surface area (Å²) in [5.74, 6) is 0.837. The fraction of sp³-hybridized carbons (Fsp3) is 0.333. The second-order valence-electron chi connectivity index (χ2n) is 8.02. The van der Waals surface area contributed by atoms with Gasteiger partial charge in [-0.05, 0) is 53.8 Å². The summed E-state index contributed by atoms with van der Waals surface area (Å²) >= 11 is 0. The number of nitrogens with one attached hydrogen (secondary N) is 1. The molecule has 156 valence electrons. The highest BCUT2D eigenvalue weighted by Gasteiger charge is 2.30. The first-order chi connectivity index (χ1) is 14.4. The average molecular weight is 406 g/mol. The van der Waals surface area contributed by atoms with Crippen molar-refractivity contribution in [2.45, 2.75) is 39.3 Å². The number of hydrogen-bond acceptors (Lipinski definition) is 5. The molecule has 0 unspecified atom stereocenters. The summed E-state index contributed by atoms with van der Waals surface area (Å²) in [6.07, 6.45) is -0.621. The molecule has 2 aromatic carbocycles. The Bertz CT molecular complexity index is 1170. The van der Waals surface area contributed by atoms with Gasteiger partial charge in [0.05, 0.1) is 12.2 Å². The standard InChI is InChI=1S/C24H26N2O4/c1-14(2)17-11-18-16(10-23(27)30-21(18)9-15(17)3)12-26-13-22(24(28)25-4)29-20-8-6-5-7-19(20)26/h5-11,14,22H,12-13H2,1-4H3,(H,25,28)/t22-/m1/s1. The van der Waals surface area contributed by atoms with Gasteiger partial charge >= 0.3 is 5.63 Å². The SMILES string of the molecule is CNC(=O)[C@H]1CN(Cc2cc(=O)oc3cc(C)c(C(C)C)cc23)c2ccccc2O1. The van der Waals surface area contributed by atoms with Gasteiger partial charge in [0.25, 0.3) is 5.91 Å². The van der Waals surface area contributed by atoms with Crippen LogP contribution < -0.4 is 20.6 Å². The minimum atomic E-state index is -0.621. The third-order valence-electron chi connectivity index (χ3n) is 5.60. The first-order valence-corrected chi connectivity index (χ1v) is 10.2. The minimum Gasteiger partial charge on any atom is -0.477 e. The molecule has 0 aliphatic carbocycles. The number of nitrogens with zero attached hydrogens (tertiary/aromatic N) is 1. The zero-order valence-corrected chi connectivity index (χ0v) is 17.7. The van der Waals surface area contributed by atoms with Crippen LogP contribution in [0.5, 0.6) is 5.75 Å². The Labute approximate surface area is 175 Å². The van der Waals surface area contributed by atoms with E-state index in [-0.39, 0.29) is 11.5 Å². The third kappa shape index (κ3) is 3.65. The number of amides is 1. The molecule has 6 heteroatoms. The van der Waals surface area contributed by atoms with Crippen LogP contribution in [0.3, 0.4) is 0 Å². The Morgan fingerprint density at radius 3 is 2.73 bits per heavy atom. The number of aryl methyl sites for hydroxylation is 1. The van der Waals surface area contributed by atoms with E-state index in [0.717, 1.165) is 22.2 Å². The van der Waals surface area contributed by atoms with E-state index in [1.54, 1.807) is 13.1 Å². The van der Waals surface area contributed by atoms with Gasteiger partial charge in [0.2, 0.25) is 0 Å². The van der Waals surface area contributed by atoms with Crippen LogP contribution in [-0.4, -0.2) is 25.6 Å². The van der Waals surface area contributed by atoms with Crippen molar-refractivity contribution in [1.29, 1.82) is 0 Å². The Morgan fingerprint density at radius 1 is 1.23 bits per heavy atom. The molecule has 0 fully saturated rings. The molecular weight excluding hydrogens is 380 g/mol. The molecule has 1 aromatic heterocycles. The highest BCUT2D eigenvalue weighted by molar-refractivity contribution is 5.84. The van der Waals surface area contributed by atoms with Gasteiger partial charge in [-0.15, -0.1) is 0 Å². The van der Waals surface area contributed by atoms with Crippen molar-refractivity contribution in [3.05, 3.63) is 69.6 Å². The topological polar surface area (TPSA) is 71.8 Å². The number of rotatable bonds is 4. The third-order valence-corrected chi connectivity index (χ3v) is 5.60. The van der Waals surface area contributed by atoms with Crippen LogP contribution in [0, 0.1) is 6.92 Å². The number of benzene rings is 2. The molecule has 0 saturated heterocycles. The summed E-state index contributed by atoms with van der Waals surface area (Å²) in [7, 11) is 1.60. The van der Waals surface area contributed by atoms with Crippen LogP contribution in [-0.2, 0) is 11.3 Å². The molecule has 30 heavy (non-hydrogen) atoms. The van der Waals surface area contributed by atoms with E-state index in [1.165, 1.54) is 5.56 Å². The number of carbonyl (C=O) groups excluding carboxylic acids is 1. The first kappa shape index (κ1) is 20.0. The summed E-state index contributed by atoms with van der Waals surface area (Å²) in [6.45, 7) is 7.20. The van der Waals surface area contributed by atoms with Gasteiger partial charge in [0.1, 0.15) is 11.3 Å². The Hall–Kier alpha value is -3.28. The predicted molar refractivity (Wildman–Crippen MR) is 117 cm³/mol. The predicted octanol–water partition coefficient (Wildman–Crippen LogP) is 3.74. The number of anilines is 1. The Kier molecular flexibility index (Phi) is 5.24. The van der Waals surface area contributed by atoms with Crippen LogP contribution >= 0.6 is 0 Å². The highest BCUT2D eigenvalue weighted by atomic mass is 16.5. The zero-order valence-electron chi connectivity index (χ0n) is 17.7. The largest absolute Gasteiger partial charge is 0.477 e. The summed E-state index contributed by atoms with van der Waals surface area (Å²) in [4.78, 5) is 26.6. The number of ether oxygens (including phenoxy) is 1. The molecule has 0 saturated carbocycles. The van der Waals surface area contributed by atoms with E-state index in [1.807, 2.05) is 37.3 Å². The maximum Gasteiger partial charge on any atom is 0.336 e. The minimum absolute atomic E-state index is 0.176. The number of hydrogen-bond donors (Lipinski definition) is 1. The number of para-hydroxylation sites is 2. The molecule has 2 heterocycles. The van der Waals surface area contributed by atoms with Crippen LogP contribution in [0.25, 0.3) is 11.0 Å². The molecule has 6 nitrogen and oxygen atoms in total. The summed E-state index contributed by atoms with van der Waals surface area (Å²) in [5, 5.41) is 3.58. The Morgan fingerprint density at radius 2 is 2.00 bits per heavy atom. The van der Waals surface area contributed by atoms with Gasteiger partial charge in [0.15, 0.2) is 6.10 Å². The molecule has 3 aromatic rings. The number of likely N-dealkylation sites (N-methyl/N-ethyl adjacent to an activating group) is 1. The molecular formula is C24H26N2O4. The van der Waals surface area contributed by atoms with Crippen molar-refractivity contribution in [3.8, 4) is 5.75 Å². The maximum atomic E-state index is 12.3. The van der Waals surface area contributed by atoms with Crippen LogP contribution in [0.2, 0.25) is 0 Å². The van der Waals surface area contributed by atoms with E-state index in [9.17, 15) is 9.59 Å². The van der Waals surface area contributed by atoms with E-state index >= 15 is 0 Å². The Balaban J connectivity index is 1.80. The van der Waals surface area contributed by atoms with Gasteiger partial charge in [-0.3, -0.25) is 4.79 Å². The van der Waals surface area contributed by atoms with Crippen molar-refractivity contribution >= 4 is 22.6 Å². The zero-order chi connectivity index (χ0) is 21.4. The number of carbonyl (C=O) groups is 1. The molecule has 4 rings (SSSR count). The summed E-state index contributed by atoms with van der Waals surface area (Å²) < 4.78 is 11.4. The molecule has 0 bridgehead atoms. The lowest BCUT2D eigenvalue weighted by Crippen LogP contribution is -2.48. The van der Waals surface area contributed by atoms with Crippen LogP contribution in [0.1, 0.15) is 36.5 Å². The molecule has 0 spiro atoms. The fourth-order valence-corrected chi connectivity index (χ4v) is 4.10. The molecule has 1 amide bonds. The van der Waals surface area contributed by atoms with Crippen molar-refractivity contribution in [2.75, 3.05) is 18.5 Å². The van der Waals surface area contributed by atoms with E-state index in [4.69, 9.17) is 9.15 Å². The fourth-order valence-electron chi connectivity index (χ4n) is 4.10. The van der Waals surface area contributed by atoms with Crippen LogP contribution in [0.4, 0.5) is 5.69 Å². The van der Waals surface area contributed by atoms with E-state index < -0.39 is 6.10 Å². The number of fused-ring (bicyclic) bond motifs is 2. The van der Waals surface area contributed by atoms with Crippen molar-refractivity contribution in [1.82, 2.24) is 5.32 Å². The van der Waals surface area contributed by atoms with E-state index in [2.05, 4.69) is 30.1 Å². The molecule has 1 atom stereocenters. The van der Waals surface area contributed by atoms with Gasteiger partial charge in [-0.2, -0.15) is 0 Å². The summed E-state index contributed by atoms with van der Waals surface area (Å²) in [5.41, 5.74) is 4.31. The maximum absolute atomic E-state index is 12.3. The molecule has 1 aliphatic rings. The lowest BCUT2D eigenvalue weighted by Gasteiger charge is -2.35. The quantitative estimate of drug-likeness (QED) is 0.669. The molecule has 0 radical (unpaired) electrons. The van der Waals surface area contributed by atoms with Crippen molar-refractivity contribution in [2.24, 2.45) is 0 Å². The second-order valence-corrected chi connectivity index (χ2v) is 8.02. The van der Waals surface area contributed by atoms with Gasteiger partial charge in [-0.1, -0.05) is 26.0 Å². The van der Waals surface area contributed by atoms with Gasteiger partial charge in [0, 0.05) is 25.0 Å². The van der Waals surface area contributed by atoms with Gasteiger partial charge < -0.3 is 19.4 Å². The average Bonchev–Trinajstić information content (AvgIpc) is 2.72. The van der Waals surface area contributed by atoms with Crippen LogP contribution in [0.15, 0.2) is 51.7 Å². The van der Waals surface area contributed by atoms with E-state index in [0.29, 0.717) is 30.3 Å². The highest BCUT2D eigenvalue weighted by Crippen LogP contribution is 2.35. The lowest BCUT2D eigenvalue weighted by molar-refractivity contribution is -0.127. The van der Waals surface area contributed by atoms with Gasteiger partial charge in [-0.25, -0.2) is 4.79 Å². The second kappa shape index (κ2) is 7.86. The molecule has 1 aliphatic heterocycles. The normalized spacial score (nSPS) is 15.8. The monoisotopic (exact) mass is 406 g/mol. The lowest BCUT2D eigenvalue weighted by atomic mass is 9.94.